The average molecular weight is 246 g/mol. The van der Waals surface area contributed by atoms with E-state index in [-0.39, 0.29) is 11.4 Å². The van der Waals surface area contributed by atoms with E-state index in [4.69, 9.17) is 16.7 Å². The van der Waals surface area contributed by atoms with Gasteiger partial charge in [0.05, 0.1) is 5.02 Å². The van der Waals surface area contributed by atoms with Crippen LogP contribution >= 0.6 is 11.6 Å². The number of carboxylic acid groups (broad SMARTS) is 1. The van der Waals surface area contributed by atoms with Gasteiger partial charge in [0.15, 0.2) is 0 Å². The van der Waals surface area contributed by atoms with Gasteiger partial charge in [-0.3, -0.25) is 4.79 Å². The summed E-state index contributed by atoms with van der Waals surface area (Å²) in [4.78, 5) is 10.2. The monoisotopic (exact) mass is 245 g/mol. The van der Waals surface area contributed by atoms with E-state index in [2.05, 4.69) is 5.32 Å². The average Bonchev–Trinajstić information content (AvgIpc) is 2.22. The lowest BCUT2D eigenvalue weighted by molar-refractivity contribution is -0.137. The summed E-state index contributed by atoms with van der Waals surface area (Å²) in [6.07, 6.45) is 0.724. The summed E-state index contributed by atoms with van der Waals surface area (Å²) in [6.45, 7) is 1.17. The number of nitrogens with one attached hydrogen (secondary N) is 1. The minimum Gasteiger partial charge on any atom is -0.481 e. The molecule has 0 radical (unpaired) electrons. The minimum absolute atomic E-state index is 0.102. The Bertz CT molecular complexity index is 371. The van der Waals surface area contributed by atoms with Gasteiger partial charge in [-0.05, 0) is 30.7 Å². The molecule has 2 N–H and O–H groups in total. The van der Waals surface area contributed by atoms with Crippen molar-refractivity contribution >= 4 is 17.6 Å². The molecule has 0 aliphatic rings. The van der Waals surface area contributed by atoms with Gasteiger partial charge < -0.3 is 10.4 Å². The van der Waals surface area contributed by atoms with Crippen LogP contribution in [0.4, 0.5) is 4.39 Å². The Morgan fingerprint density at radius 3 is 2.88 bits per heavy atom. The van der Waals surface area contributed by atoms with Crippen molar-refractivity contribution in [2.75, 3.05) is 6.54 Å². The predicted octanol–water partition coefficient (Wildman–Crippen LogP) is 2.43. The van der Waals surface area contributed by atoms with Crippen molar-refractivity contribution < 1.29 is 14.3 Å². The first-order chi connectivity index (χ1) is 7.59. The first-order valence-corrected chi connectivity index (χ1v) is 5.34. The van der Waals surface area contributed by atoms with E-state index in [1.807, 2.05) is 0 Å². The van der Waals surface area contributed by atoms with Crippen molar-refractivity contribution in [1.82, 2.24) is 5.32 Å². The highest BCUT2D eigenvalue weighted by atomic mass is 35.5. The summed E-state index contributed by atoms with van der Waals surface area (Å²) in [6, 6.07) is 4.52. The Hall–Kier alpha value is -1.13. The maximum absolute atomic E-state index is 12.8. The highest BCUT2D eigenvalue weighted by Crippen LogP contribution is 2.15. The topological polar surface area (TPSA) is 49.3 Å². The lowest BCUT2D eigenvalue weighted by Crippen LogP contribution is -2.15. The Morgan fingerprint density at radius 1 is 1.50 bits per heavy atom. The summed E-state index contributed by atoms with van der Waals surface area (Å²) in [5.74, 6) is -1.23. The molecule has 0 unspecified atom stereocenters. The van der Waals surface area contributed by atoms with E-state index < -0.39 is 11.8 Å². The zero-order valence-corrected chi connectivity index (χ0v) is 9.43. The SMILES string of the molecule is O=C(O)CCCNCc1ccc(F)c(Cl)c1. The molecule has 0 aromatic heterocycles. The Kier molecular flexibility index (Phi) is 5.22. The van der Waals surface area contributed by atoms with Crippen molar-refractivity contribution in [1.29, 1.82) is 0 Å². The maximum Gasteiger partial charge on any atom is 0.303 e. The first kappa shape index (κ1) is 12.9. The van der Waals surface area contributed by atoms with Gasteiger partial charge in [-0.25, -0.2) is 4.39 Å². The van der Waals surface area contributed by atoms with Gasteiger partial charge in [0.25, 0.3) is 0 Å². The van der Waals surface area contributed by atoms with Crippen molar-refractivity contribution in [2.24, 2.45) is 0 Å². The van der Waals surface area contributed by atoms with Crippen LogP contribution in [0.3, 0.4) is 0 Å². The molecule has 88 valence electrons. The van der Waals surface area contributed by atoms with E-state index in [0.29, 0.717) is 19.5 Å². The molecule has 0 aliphatic heterocycles. The molecule has 16 heavy (non-hydrogen) atoms. The fraction of sp³-hybridized carbons (Fsp3) is 0.364. The third kappa shape index (κ3) is 4.59. The smallest absolute Gasteiger partial charge is 0.303 e. The molecule has 0 aliphatic carbocycles. The quantitative estimate of drug-likeness (QED) is 0.757. The largest absolute Gasteiger partial charge is 0.481 e. The molecule has 0 heterocycles. The van der Waals surface area contributed by atoms with E-state index in [9.17, 15) is 9.18 Å². The Balaban J connectivity index is 2.27. The van der Waals surface area contributed by atoms with Crippen LogP contribution in [0.15, 0.2) is 18.2 Å². The molecule has 0 fully saturated rings. The molecule has 3 nitrogen and oxygen atoms in total. The molecular weight excluding hydrogens is 233 g/mol. The molecule has 1 rings (SSSR count). The highest BCUT2D eigenvalue weighted by molar-refractivity contribution is 6.30. The number of hydrogen-bond acceptors (Lipinski definition) is 2. The maximum atomic E-state index is 12.8. The number of carbonyl (C=O) groups is 1. The highest BCUT2D eigenvalue weighted by Gasteiger charge is 2.00. The normalized spacial score (nSPS) is 10.4. The number of hydrogen-bond donors (Lipinski definition) is 2. The second kappa shape index (κ2) is 6.45. The molecule has 0 saturated carbocycles. The van der Waals surface area contributed by atoms with E-state index >= 15 is 0 Å². The number of carboxylic acids is 1. The van der Waals surface area contributed by atoms with Crippen molar-refractivity contribution in [3.63, 3.8) is 0 Å². The first-order valence-electron chi connectivity index (χ1n) is 4.96. The molecule has 0 atom stereocenters. The van der Waals surface area contributed by atoms with Crippen molar-refractivity contribution in [2.45, 2.75) is 19.4 Å². The van der Waals surface area contributed by atoms with Gasteiger partial charge in [-0.15, -0.1) is 0 Å². The molecule has 5 heteroatoms. The van der Waals surface area contributed by atoms with Crippen LogP contribution < -0.4 is 5.32 Å². The van der Waals surface area contributed by atoms with Gasteiger partial charge >= 0.3 is 5.97 Å². The summed E-state index contributed by atoms with van der Waals surface area (Å²) in [5.41, 5.74) is 0.877. The minimum atomic E-state index is -0.799. The van der Waals surface area contributed by atoms with Crippen molar-refractivity contribution in [3.8, 4) is 0 Å². The van der Waals surface area contributed by atoms with Crippen LogP contribution in [0.1, 0.15) is 18.4 Å². The van der Waals surface area contributed by atoms with Gasteiger partial charge in [-0.2, -0.15) is 0 Å². The zero-order valence-electron chi connectivity index (χ0n) is 8.67. The molecule has 0 spiro atoms. The van der Waals surface area contributed by atoms with Crippen LogP contribution in [-0.4, -0.2) is 17.6 Å². The van der Waals surface area contributed by atoms with Crippen LogP contribution in [0.5, 0.6) is 0 Å². The molecule has 0 saturated heterocycles. The van der Waals surface area contributed by atoms with Gasteiger partial charge in [0, 0.05) is 13.0 Å². The van der Waals surface area contributed by atoms with Crippen LogP contribution in [0.25, 0.3) is 0 Å². The molecule has 0 amide bonds. The lowest BCUT2D eigenvalue weighted by atomic mass is 10.2. The van der Waals surface area contributed by atoms with E-state index in [0.717, 1.165) is 5.56 Å². The third-order valence-electron chi connectivity index (χ3n) is 2.06. The lowest BCUT2D eigenvalue weighted by Gasteiger charge is -2.04. The summed E-state index contributed by atoms with van der Waals surface area (Å²) < 4.78 is 12.8. The van der Waals surface area contributed by atoms with Crippen LogP contribution in [-0.2, 0) is 11.3 Å². The third-order valence-corrected chi connectivity index (χ3v) is 2.35. The predicted molar refractivity (Wildman–Crippen MR) is 60.0 cm³/mol. The van der Waals surface area contributed by atoms with Gasteiger partial charge in [0.2, 0.25) is 0 Å². The zero-order chi connectivity index (χ0) is 12.0. The van der Waals surface area contributed by atoms with E-state index in [1.54, 1.807) is 12.1 Å². The summed E-state index contributed by atoms with van der Waals surface area (Å²) in [5, 5.41) is 11.6. The number of halogens is 2. The van der Waals surface area contributed by atoms with Gasteiger partial charge in [-0.1, -0.05) is 17.7 Å². The van der Waals surface area contributed by atoms with E-state index in [1.165, 1.54) is 6.07 Å². The number of rotatable bonds is 6. The molecule has 1 aromatic rings. The van der Waals surface area contributed by atoms with Gasteiger partial charge in [0.1, 0.15) is 5.82 Å². The number of benzene rings is 1. The molecular formula is C11H13ClFNO2. The standard InChI is InChI=1S/C11H13ClFNO2/c12-9-6-8(3-4-10(9)13)7-14-5-1-2-11(15)16/h3-4,6,14H,1-2,5,7H2,(H,15,16). The molecule has 0 bridgehead atoms. The summed E-state index contributed by atoms with van der Waals surface area (Å²) in [7, 11) is 0. The van der Waals surface area contributed by atoms with Crippen LogP contribution in [0, 0.1) is 5.82 Å². The summed E-state index contributed by atoms with van der Waals surface area (Å²) >= 11 is 5.61. The second-order valence-electron chi connectivity index (χ2n) is 3.42. The Labute approximate surface area is 98.2 Å². The second-order valence-corrected chi connectivity index (χ2v) is 3.83. The fourth-order valence-corrected chi connectivity index (χ4v) is 1.45. The fourth-order valence-electron chi connectivity index (χ4n) is 1.25. The Morgan fingerprint density at radius 2 is 2.25 bits per heavy atom. The molecule has 1 aromatic carbocycles. The van der Waals surface area contributed by atoms with Crippen molar-refractivity contribution in [3.05, 3.63) is 34.6 Å². The van der Waals surface area contributed by atoms with Crippen LogP contribution in [0.2, 0.25) is 5.02 Å². The number of aliphatic carboxylic acids is 1.